The minimum absolute atomic E-state index is 0.269. The van der Waals surface area contributed by atoms with E-state index in [2.05, 4.69) is 15.9 Å². The average Bonchev–Trinajstić information content (AvgIpc) is 2.35. The van der Waals surface area contributed by atoms with Crippen molar-refractivity contribution < 1.29 is 8.78 Å². The van der Waals surface area contributed by atoms with Crippen molar-refractivity contribution in [3.63, 3.8) is 0 Å². The van der Waals surface area contributed by atoms with Crippen molar-refractivity contribution in [3.8, 4) is 0 Å². The van der Waals surface area contributed by atoms with E-state index in [-0.39, 0.29) is 17.7 Å². The summed E-state index contributed by atoms with van der Waals surface area (Å²) in [7, 11) is 0. The number of rotatable bonds is 3. The van der Waals surface area contributed by atoms with E-state index in [0.717, 1.165) is 5.56 Å². The molecular weight excluding hydrogens is 300 g/mol. The van der Waals surface area contributed by atoms with E-state index in [9.17, 15) is 8.78 Å². The van der Waals surface area contributed by atoms with Gasteiger partial charge in [0, 0.05) is 6.04 Å². The van der Waals surface area contributed by atoms with Gasteiger partial charge in [-0.25, -0.2) is 8.78 Å². The van der Waals surface area contributed by atoms with Gasteiger partial charge in [-0.15, -0.1) is 0 Å². The van der Waals surface area contributed by atoms with Gasteiger partial charge in [-0.2, -0.15) is 0 Å². The first kappa shape index (κ1) is 13.2. The number of hydrogen-bond acceptors (Lipinski definition) is 1. The van der Waals surface area contributed by atoms with Gasteiger partial charge in [0.05, 0.1) is 4.47 Å². The van der Waals surface area contributed by atoms with Crippen molar-refractivity contribution in [2.45, 2.75) is 12.5 Å². The van der Waals surface area contributed by atoms with Crippen LogP contribution in [0.15, 0.2) is 46.9 Å². The van der Waals surface area contributed by atoms with Gasteiger partial charge in [-0.1, -0.05) is 24.3 Å². The summed E-state index contributed by atoms with van der Waals surface area (Å²) in [6.45, 7) is 0. The number of benzene rings is 2. The first-order valence-corrected chi connectivity index (χ1v) is 6.31. The van der Waals surface area contributed by atoms with Gasteiger partial charge in [-0.3, -0.25) is 0 Å². The molecule has 1 unspecified atom stereocenters. The Morgan fingerprint density at radius 2 is 1.78 bits per heavy atom. The quantitative estimate of drug-likeness (QED) is 0.912. The van der Waals surface area contributed by atoms with E-state index in [1.807, 2.05) is 0 Å². The minimum Gasteiger partial charge on any atom is -0.324 e. The van der Waals surface area contributed by atoms with E-state index in [1.54, 1.807) is 30.3 Å². The van der Waals surface area contributed by atoms with Crippen LogP contribution in [0.25, 0.3) is 0 Å². The first-order valence-electron chi connectivity index (χ1n) is 5.52. The fourth-order valence-corrected chi connectivity index (χ4v) is 2.16. The second kappa shape index (κ2) is 5.59. The lowest BCUT2D eigenvalue weighted by Crippen LogP contribution is -2.14. The maximum Gasteiger partial charge on any atom is 0.137 e. The molecule has 0 radical (unpaired) electrons. The highest BCUT2D eigenvalue weighted by Crippen LogP contribution is 2.23. The summed E-state index contributed by atoms with van der Waals surface area (Å²) in [6, 6.07) is 10.7. The van der Waals surface area contributed by atoms with Gasteiger partial charge in [0.25, 0.3) is 0 Å². The summed E-state index contributed by atoms with van der Waals surface area (Å²) >= 11 is 3.11. The Hall–Kier alpha value is -1.26. The summed E-state index contributed by atoms with van der Waals surface area (Å²) in [5.41, 5.74) is 7.34. The zero-order valence-corrected chi connectivity index (χ0v) is 11.1. The smallest absolute Gasteiger partial charge is 0.137 e. The zero-order chi connectivity index (χ0) is 13.1. The molecule has 1 nitrogen and oxygen atoms in total. The Kier molecular flexibility index (Phi) is 4.09. The van der Waals surface area contributed by atoms with Crippen LogP contribution in [-0.2, 0) is 6.42 Å². The number of halogens is 3. The molecule has 4 heteroatoms. The molecule has 94 valence electrons. The molecule has 0 bridgehead atoms. The van der Waals surface area contributed by atoms with E-state index in [4.69, 9.17) is 5.73 Å². The predicted molar refractivity (Wildman–Crippen MR) is 71.1 cm³/mol. The molecule has 0 aromatic heterocycles. The summed E-state index contributed by atoms with van der Waals surface area (Å²) < 4.78 is 27.0. The van der Waals surface area contributed by atoms with Crippen LogP contribution in [0.2, 0.25) is 0 Å². The van der Waals surface area contributed by atoms with Crippen molar-refractivity contribution in [1.82, 2.24) is 0 Å². The fourth-order valence-electron chi connectivity index (χ4n) is 1.76. The topological polar surface area (TPSA) is 26.0 Å². The summed E-state index contributed by atoms with van der Waals surface area (Å²) in [6.07, 6.45) is 0.380. The molecular formula is C14H12BrF2N. The molecule has 0 saturated carbocycles. The Morgan fingerprint density at radius 3 is 2.44 bits per heavy atom. The van der Waals surface area contributed by atoms with Gasteiger partial charge in [0.2, 0.25) is 0 Å². The lowest BCUT2D eigenvalue weighted by Gasteiger charge is -2.13. The maximum atomic E-state index is 13.5. The Balaban J connectivity index is 2.19. The molecule has 0 amide bonds. The van der Waals surface area contributed by atoms with Crippen LogP contribution in [0.5, 0.6) is 0 Å². The third-order valence-corrected chi connectivity index (χ3v) is 3.38. The SMILES string of the molecule is NC(Cc1ccccc1F)c1ccc(F)c(Br)c1. The molecule has 0 aliphatic heterocycles. The molecule has 2 aromatic carbocycles. The molecule has 2 aromatic rings. The largest absolute Gasteiger partial charge is 0.324 e. The van der Waals surface area contributed by atoms with Crippen LogP contribution in [-0.4, -0.2) is 0 Å². The number of hydrogen-bond donors (Lipinski definition) is 1. The van der Waals surface area contributed by atoms with E-state index >= 15 is 0 Å². The Labute approximate surface area is 113 Å². The van der Waals surface area contributed by atoms with Gasteiger partial charge in [0.15, 0.2) is 0 Å². The van der Waals surface area contributed by atoms with Crippen molar-refractivity contribution >= 4 is 15.9 Å². The average molecular weight is 312 g/mol. The Bertz CT molecular complexity index is 557. The second-order valence-electron chi connectivity index (χ2n) is 4.08. The van der Waals surface area contributed by atoms with Gasteiger partial charge in [-0.05, 0) is 51.7 Å². The lowest BCUT2D eigenvalue weighted by atomic mass is 9.99. The van der Waals surface area contributed by atoms with E-state index < -0.39 is 0 Å². The van der Waals surface area contributed by atoms with Crippen molar-refractivity contribution in [2.24, 2.45) is 5.73 Å². The fraction of sp³-hybridized carbons (Fsp3) is 0.143. The summed E-state index contributed by atoms with van der Waals surface area (Å²) in [4.78, 5) is 0. The molecule has 2 rings (SSSR count). The number of nitrogens with two attached hydrogens (primary N) is 1. The molecule has 0 aliphatic carbocycles. The molecule has 0 spiro atoms. The highest BCUT2D eigenvalue weighted by atomic mass is 79.9. The minimum atomic E-state index is -0.362. The first-order chi connectivity index (χ1) is 8.58. The predicted octanol–water partition coefficient (Wildman–Crippen LogP) is 3.97. The lowest BCUT2D eigenvalue weighted by molar-refractivity contribution is 0.591. The maximum absolute atomic E-state index is 13.5. The standard InChI is InChI=1S/C14H12BrF2N/c15-11-7-10(5-6-13(11)17)14(18)8-9-3-1-2-4-12(9)16/h1-7,14H,8,18H2. The summed E-state index contributed by atoms with van der Waals surface area (Å²) in [5, 5.41) is 0. The van der Waals surface area contributed by atoms with Crippen LogP contribution in [0.4, 0.5) is 8.78 Å². The molecule has 1 atom stereocenters. The third-order valence-electron chi connectivity index (χ3n) is 2.77. The highest BCUT2D eigenvalue weighted by Gasteiger charge is 2.11. The van der Waals surface area contributed by atoms with Crippen molar-refractivity contribution in [2.75, 3.05) is 0 Å². The van der Waals surface area contributed by atoms with Crippen molar-refractivity contribution in [1.29, 1.82) is 0 Å². The van der Waals surface area contributed by atoms with Crippen molar-refractivity contribution in [3.05, 3.63) is 69.7 Å². The monoisotopic (exact) mass is 311 g/mol. The molecule has 0 heterocycles. The zero-order valence-electron chi connectivity index (χ0n) is 9.54. The third kappa shape index (κ3) is 2.94. The van der Waals surface area contributed by atoms with Gasteiger partial charge < -0.3 is 5.73 Å². The van der Waals surface area contributed by atoms with Crippen LogP contribution in [0.3, 0.4) is 0 Å². The molecule has 18 heavy (non-hydrogen) atoms. The van der Waals surface area contributed by atoms with E-state index in [0.29, 0.717) is 16.5 Å². The molecule has 0 saturated heterocycles. The van der Waals surface area contributed by atoms with Crippen LogP contribution < -0.4 is 5.73 Å². The van der Waals surface area contributed by atoms with Crippen LogP contribution in [0.1, 0.15) is 17.2 Å². The molecule has 0 aliphatic rings. The van der Waals surface area contributed by atoms with Gasteiger partial charge in [0.1, 0.15) is 11.6 Å². The summed E-state index contributed by atoms with van der Waals surface area (Å²) in [5.74, 6) is -0.606. The van der Waals surface area contributed by atoms with Crippen LogP contribution >= 0.6 is 15.9 Å². The molecule has 2 N–H and O–H groups in total. The Morgan fingerprint density at radius 1 is 1.06 bits per heavy atom. The van der Waals surface area contributed by atoms with E-state index in [1.165, 1.54) is 12.1 Å². The second-order valence-corrected chi connectivity index (χ2v) is 4.93. The van der Waals surface area contributed by atoms with Gasteiger partial charge >= 0.3 is 0 Å². The highest BCUT2D eigenvalue weighted by molar-refractivity contribution is 9.10. The van der Waals surface area contributed by atoms with Crippen LogP contribution in [0, 0.1) is 11.6 Å². The molecule has 0 fully saturated rings. The normalized spacial score (nSPS) is 12.4.